The van der Waals surface area contributed by atoms with Gasteiger partial charge in [-0.3, -0.25) is 4.98 Å². The van der Waals surface area contributed by atoms with Crippen LogP contribution in [0.4, 0.5) is 5.69 Å². The van der Waals surface area contributed by atoms with Crippen molar-refractivity contribution in [2.45, 2.75) is 12.5 Å². The Hall–Kier alpha value is -3.93. The van der Waals surface area contributed by atoms with Crippen LogP contribution in [0.3, 0.4) is 0 Å². The Morgan fingerprint density at radius 2 is 1.61 bits per heavy atom. The normalized spacial score (nSPS) is 17.5. The van der Waals surface area contributed by atoms with Gasteiger partial charge < -0.3 is 14.8 Å². The standard InChI is InChI=1S/C25H22N4O2/c1-25(20-9-5-11-22(28-20)31-3)15-18(19-8-4-10-21(27-19)30-2)17-13-12-16-7-6-14-26-23(16)24(17)29-25/h4-15,29H,1-3H3. The van der Waals surface area contributed by atoms with E-state index in [1.807, 2.05) is 48.7 Å². The van der Waals surface area contributed by atoms with E-state index in [1.54, 1.807) is 14.2 Å². The lowest BCUT2D eigenvalue weighted by atomic mass is 9.84. The van der Waals surface area contributed by atoms with Gasteiger partial charge in [-0.2, -0.15) is 0 Å². The van der Waals surface area contributed by atoms with Crippen molar-refractivity contribution in [1.29, 1.82) is 0 Å². The number of hydrogen-bond donors (Lipinski definition) is 1. The van der Waals surface area contributed by atoms with Crippen molar-refractivity contribution in [2.75, 3.05) is 19.5 Å². The second kappa shape index (κ2) is 7.40. The summed E-state index contributed by atoms with van der Waals surface area (Å²) in [5, 5.41) is 4.76. The van der Waals surface area contributed by atoms with E-state index >= 15 is 0 Å². The van der Waals surface area contributed by atoms with E-state index in [9.17, 15) is 0 Å². The Morgan fingerprint density at radius 1 is 0.839 bits per heavy atom. The summed E-state index contributed by atoms with van der Waals surface area (Å²) in [5.41, 5.74) is 4.94. The number of ether oxygens (including phenoxy) is 2. The highest BCUT2D eigenvalue weighted by molar-refractivity contribution is 6.01. The van der Waals surface area contributed by atoms with E-state index in [2.05, 4.69) is 41.5 Å². The molecule has 0 aliphatic carbocycles. The maximum absolute atomic E-state index is 5.38. The van der Waals surface area contributed by atoms with Gasteiger partial charge in [-0.1, -0.05) is 30.3 Å². The molecule has 5 rings (SSSR count). The molecule has 6 nitrogen and oxygen atoms in total. The Bertz CT molecular complexity index is 1320. The van der Waals surface area contributed by atoms with Crippen LogP contribution in [0.5, 0.6) is 11.8 Å². The second-order valence-electron chi connectivity index (χ2n) is 7.58. The highest BCUT2D eigenvalue weighted by Crippen LogP contribution is 2.43. The van der Waals surface area contributed by atoms with Crippen molar-refractivity contribution in [3.05, 3.63) is 89.9 Å². The number of nitrogens with one attached hydrogen (secondary N) is 1. The van der Waals surface area contributed by atoms with Gasteiger partial charge in [0.1, 0.15) is 0 Å². The fraction of sp³-hybridized carbons (Fsp3) is 0.160. The van der Waals surface area contributed by atoms with Crippen LogP contribution < -0.4 is 14.8 Å². The number of hydrogen-bond acceptors (Lipinski definition) is 6. The first kappa shape index (κ1) is 19.1. The highest BCUT2D eigenvalue weighted by atomic mass is 16.5. The zero-order valence-electron chi connectivity index (χ0n) is 17.6. The van der Waals surface area contributed by atoms with Gasteiger partial charge in [0.2, 0.25) is 11.8 Å². The number of aromatic nitrogens is 3. The highest BCUT2D eigenvalue weighted by Gasteiger charge is 2.34. The van der Waals surface area contributed by atoms with Gasteiger partial charge in [-0.25, -0.2) is 9.97 Å². The number of fused-ring (bicyclic) bond motifs is 3. The molecule has 1 aliphatic rings. The van der Waals surface area contributed by atoms with E-state index in [0.717, 1.165) is 39.1 Å². The molecule has 3 aromatic heterocycles. The second-order valence-corrected chi connectivity index (χ2v) is 7.58. The van der Waals surface area contributed by atoms with Crippen LogP contribution in [0.1, 0.15) is 23.9 Å². The van der Waals surface area contributed by atoms with Gasteiger partial charge in [0.25, 0.3) is 0 Å². The number of anilines is 1. The Morgan fingerprint density at radius 3 is 2.42 bits per heavy atom. The molecule has 4 heterocycles. The number of pyridine rings is 3. The van der Waals surface area contributed by atoms with Gasteiger partial charge in [0, 0.05) is 34.9 Å². The maximum atomic E-state index is 5.38. The van der Waals surface area contributed by atoms with E-state index in [1.165, 1.54) is 0 Å². The summed E-state index contributed by atoms with van der Waals surface area (Å²) in [6, 6.07) is 19.8. The summed E-state index contributed by atoms with van der Waals surface area (Å²) >= 11 is 0. The fourth-order valence-electron chi connectivity index (χ4n) is 4.00. The van der Waals surface area contributed by atoms with Crippen LogP contribution in [0, 0.1) is 0 Å². The Balaban J connectivity index is 1.78. The van der Waals surface area contributed by atoms with E-state index in [-0.39, 0.29) is 0 Å². The average molecular weight is 410 g/mol. The molecule has 0 saturated heterocycles. The molecule has 0 fully saturated rings. The lowest BCUT2D eigenvalue weighted by Gasteiger charge is -2.35. The number of nitrogens with zero attached hydrogens (tertiary/aromatic N) is 3. The lowest BCUT2D eigenvalue weighted by molar-refractivity contribution is 0.394. The van der Waals surface area contributed by atoms with Gasteiger partial charge >= 0.3 is 0 Å². The van der Waals surface area contributed by atoms with Gasteiger partial charge in [-0.15, -0.1) is 0 Å². The molecule has 1 atom stereocenters. The molecule has 31 heavy (non-hydrogen) atoms. The molecule has 1 aromatic carbocycles. The topological polar surface area (TPSA) is 69.2 Å². The Labute approximate surface area is 180 Å². The summed E-state index contributed by atoms with van der Waals surface area (Å²) in [4.78, 5) is 14.1. The van der Waals surface area contributed by atoms with Crippen LogP contribution in [-0.2, 0) is 5.54 Å². The van der Waals surface area contributed by atoms with Crippen LogP contribution in [0.25, 0.3) is 16.5 Å². The minimum absolute atomic E-state index is 0.567. The molecular formula is C25H22N4O2. The predicted molar refractivity (Wildman–Crippen MR) is 121 cm³/mol. The maximum Gasteiger partial charge on any atom is 0.213 e. The molecule has 1 unspecified atom stereocenters. The fourth-order valence-corrected chi connectivity index (χ4v) is 4.00. The molecule has 154 valence electrons. The summed E-state index contributed by atoms with van der Waals surface area (Å²) in [5.74, 6) is 1.13. The number of benzene rings is 1. The van der Waals surface area contributed by atoms with Crippen LogP contribution in [0.15, 0.2) is 72.9 Å². The number of rotatable bonds is 4. The molecular weight excluding hydrogens is 388 g/mol. The van der Waals surface area contributed by atoms with Crippen molar-refractivity contribution in [3.63, 3.8) is 0 Å². The summed E-state index contributed by atoms with van der Waals surface area (Å²) in [6.07, 6.45) is 3.97. The van der Waals surface area contributed by atoms with E-state index in [4.69, 9.17) is 19.4 Å². The SMILES string of the molecule is COc1cccc(C2=CC(C)(c3cccc(OC)n3)Nc3c2ccc2cccnc32)n1. The molecule has 0 radical (unpaired) electrons. The minimum Gasteiger partial charge on any atom is -0.481 e. The zero-order valence-corrected chi connectivity index (χ0v) is 17.6. The van der Waals surface area contributed by atoms with Crippen molar-refractivity contribution < 1.29 is 9.47 Å². The Kier molecular flexibility index (Phi) is 4.55. The molecule has 0 saturated carbocycles. The lowest BCUT2D eigenvalue weighted by Crippen LogP contribution is -2.34. The zero-order chi connectivity index (χ0) is 21.4. The van der Waals surface area contributed by atoms with Crippen molar-refractivity contribution in [3.8, 4) is 11.8 Å². The molecule has 0 bridgehead atoms. The molecule has 0 spiro atoms. The third kappa shape index (κ3) is 3.26. The van der Waals surface area contributed by atoms with Crippen LogP contribution in [0.2, 0.25) is 0 Å². The minimum atomic E-state index is -0.604. The van der Waals surface area contributed by atoms with Gasteiger partial charge in [0.05, 0.1) is 42.4 Å². The smallest absolute Gasteiger partial charge is 0.213 e. The quantitative estimate of drug-likeness (QED) is 0.520. The average Bonchev–Trinajstić information content (AvgIpc) is 2.83. The molecule has 0 amide bonds. The number of methoxy groups -OCH3 is 2. The predicted octanol–water partition coefficient (Wildman–Crippen LogP) is 4.81. The molecule has 6 heteroatoms. The molecule has 1 N–H and O–H groups in total. The van der Waals surface area contributed by atoms with Crippen molar-refractivity contribution in [2.24, 2.45) is 0 Å². The summed E-state index contributed by atoms with van der Waals surface area (Å²) in [6.45, 7) is 2.10. The summed E-state index contributed by atoms with van der Waals surface area (Å²) in [7, 11) is 3.25. The summed E-state index contributed by atoms with van der Waals surface area (Å²) < 4.78 is 10.7. The van der Waals surface area contributed by atoms with Crippen molar-refractivity contribution >= 4 is 22.2 Å². The third-order valence-corrected chi connectivity index (χ3v) is 5.56. The van der Waals surface area contributed by atoms with Gasteiger partial charge in [-0.05, 0) is 31.2 Å². The first-order chi connectivity index (χ1) is 15.1. The van der Waals surface area contributed by atoms with Crippen LogP contribution in [-0.4, -0.2) is 29.2 Å². The van der Waals surface area contributed by atoms with E-state index < -0.39 is 5.54 Å². The first-order valence-corrected chi connectivity index (χ1v) is 10.0. The van der Waals surface area contributed by atoms with Crippen molar-refractivity contribution in [1.82, 2.24) is 15.0 Å². The van der Waals surface area contributed by atoms with Gasteiger partial charge in [0.15, 0.2) is 0 Å². The largest absolute Gasteiger partial charge is 0.481 e. The van der Waals surface area contributed by atoms with Crippen LogP contribution >= 0.6 is 0 Å². The molecule has 1 aliphatic heterocycles. The monoisotopic (exact) mass is 410 g/mol. The van der Waals surface area contributed by atoms with E-state index in [0.29, 0.717) is 11.8 Å². The third-order valence-electron chi connectivity index (χ3n) is 5.56. The first-order valence-electron chi connectivity index (χ1n) is 10.0. The molecule has 4 aromatic rings.